The largest absolute Gasteiger partial charge is 0.416 e. The number of benzene rings is 1. The van der Waals surface area contributed by atoms with Gasteiger partial charge < -0.3 is 11.1 Å². The highest BCUT2D eigenvalue weighted by Crippen LogP contribution is 2.33. The minimum absolute atomic E-state index is 0.0364. The predicted octanol–water partition coefficient (Wildman–Crippen LogP) is 4.03. The lowest BCUT2D eigenvalue weighted by Crippen LogP contribution is -2.24. The first-order chi connectivity index (χ1) is 13.2. The van der Waals surface area contributed by atoms with Gasteiger partial charge in [-0.15, -0.1) is 0 Å². The summed E-state index contributed by atoms with van der Waals surface area (Å²) in [6.07, 6.45) is -0.761. The van der Waals surface area contributed by atoms with Gasteiger partial charge in [0, 0.05) is 18.7 Å². The minimum atomic E-state index is -4.52. The smallest absolute Gasteiger partial charge is 0.352 e. The molecule has 28 heavy (non-hydrogen) atoms. The summed E-state index contributed by atoms with van der Waals surface area (Å²) in [5, 5.41) is 6.83. The standard InChI is InChI=1S/C20H27F3N4O/c1-14-11-15(2)27(26-14)17-9-8-16(18(12-17)20(21,22)23)13-25-19(28)7-5-3-4-6-10-24/h8-9,11-12H,3-7,10,13,24H2,1-2H3,(H,25,28). The van der Waals surface area contributed by atoms with E-state index in [0.29, 0.717) is 25.1 Å². The Balaban J connectivity index is 2.08. The van der Waals surface area contributed by atoms with Gasteiger partial charge in [0.25, 0.3) is 0 Å². The van der Waals surface area contributed by atoms with Crippen molar-refractivity contribution in [3.8, 4) is 5.69 Å². The van der Waals surface area contributed by atoms with Crippen LogP contribution in [0.25, 0.3) is 5.69 Å². The summed E-state index contributed by atoms with van der Waals surface area (Å²) in [6.45, 7) is 4.04. The Bertz CT molecular complexity index is 799. The first kappa shape index (κ1) is 21.9. The fourth-order valence-electron chi connectivity index (χ4n) is 3.07. The highest BCUT2D eigenvalue weighted by Gasteiger charge is 2.34. The molecule has 0 aliphatic rings. The molecule has 8 heteroatoms. The number of alkyl halides is 3. The second-order valence-corrected chi connectivity index (χ2v) is 6.91. The van der Waals surface area contributed by atoms with Crippen LogP contribution in [0.1, 0.15) is 54.6 Å². The highest BCUT2D eigenvalue weighted by atomic mass is 19.4. The number of aromatic nitrogens is 2. The van der Waals surface area contributed by atoms with Crippen LogP contribution in [-0.4, -0.2) is 22.2 Å². The van der Waals surface area contributed by atoms with Crippen molar-refractivity contribution in [3.05, 3.63) is 46.8 Å². The molecule has 0 saturated heterocycles. The number of unbranched alkanes of at least 4 members (excludes halogenated alkanes) is 3. The zero-order chi connectivity index (χ0) is 20.7. The van der Waals surface area contributed by atoms with Crippen molar-refractivity contribution in [2.75, 3.05) is 6.54 Å². The van der Waals surface area contributed by atoms with Crippen molar-refractivity contribution < 1.29 is 18.0 Å². The van der Waals surface area contributed by atoms with Gasteiger partial charge in [0.05, 0.1) is 16.9 Å². The number of hydrogen-bond acceptors (Lipinski definition) is 3. The van der Waals surface area contributed by atoms with E-state index in [-0.39, 0.29) is 18.0 Å². The SMILES string of the molecule is Cc1cc(C)n(-c2ccc(CNC(=O)CCCCCCN)c(C(F)(F)F)c2)n1. The second kappa shape index (κ2) is 9.73. The maximum absolute atomic E-state index is 13.5. The quantitative estimate of drug-likeness (QED) is 0.629. The second-order valence-electron chi connectivity index (χ2n) is 6.91. The zero-order valence-electron chi connectivity index (χ0n) is 16.3. The van der Waals surface area contributed by atoms with Crippen molar-refractivity contribution in [2.45, 2.75) is 58.7 Å². The molecule has 1 aromatic heterocycles. The van der Waals surface area contributed by atoms with E-state index >= 15 is 0 Å². The number of halogens is 3. The molecule has 0 fully saturated rings. The molecule has 1 heterocycles. The van der Waals surface area contributed by atoms with Gasteiger partial charge in [0.15, 0.2) is 0 Å². The zero-order valence-corrected chi connectivity index (χ0v) is 16.3. The van der Waals surface area contributed by atoms with Crippen LogP contribution in [0.4, 0.5) is 13.2 Å². The Morgan fingerprint density at radius 3 is 2.46 bits per heavy atom. The van der Waals surface area contributed by atoms with Crippen molar-refractivity contribution in [1.29, 1.82) is 0 Å². The number of nitrogens with zero attached hydrogens (tertiary/aromatic N) is 2. The third-order valence-corrected chi connectivity index (χ3v) is 4.49. The maximum Gasteiger partial charge on any atom is 0.416 e. The van der Waals surface area contributed by atoms with E-state index in [9.17, 15) is 18.0 Å². The van der Waals surface area contributed by atoms with Crippen molar-refractivity contribution in [1.82, 2.24) is 15.1 Å². The lowest BCUT2D eigenvalue weighted by atomic mass is 10.1. The molecule has 1 aromatic carbocycles. The number of aryl methyl sites for hydroxylation is 2. The Morgan fingerprint density at radius 1 is 1.14 bits per heavy atom. The van der Waals surface area contributed by atoms with Crippen LogP contribution >= 0.6 is 0 Å². The number of nitrogens with one attached hydrogen (secondary N) is 1. The summed E-state index contributed by atoms with van der Waals surface area (Å²) in [4.78, 5) is 11.9. The number of carbonyl (C=O) groups is 1. The van der Waals surface area contributed by atoms with Gasteiger partial charge >= 0.3 is 6.18 Å². The number of rotatable bonds is 9. The van der Waals surface area contributed by atoms with Crippen molar-refractivity contribution >= 4 is 5.91 Å². The number of carbonyl (C=O) groups excluding carboxylic acids is 1. The van der Waals surface area contributed by atoms with E-state index < -0.39 is 11.7 Å². The lowest BCUT2D eigenvalue weighted by Gasteiger charge is -2.16. The summed E-state index contributed by atoms with van der Waals surface area (Å²) < 4.78 is 42.1. The fourth-order valence-corrected chi connectivity index (χ4v) is 3.07. The van der Waals surface area contributed by atoms with E-state index in [0.717, 1.165) is 36.7 Å². The van der Waals surface area contributed by atoms with Crippen molar-refractivity contribution in [3.63, 3.8) is 0 Å². The number of nitrogens with two attached hydrogens (primary N) is 1. The van der Waals surface area contributed by atoms with Crippen molar-refractivity contribution in [2.24, 2.45) is 5.73 Å². The molecule has 1 amide bonds. The molecular formula is C20H27F3N4O. The van der Waals surface area contributed by atoms with Crippen LogP contribution in [-0.2, 0) is 17.5 Å². The minimum Gasteiger partial charge on any atom is -0.352 e. The number of hydrogen-bond donors (Lipinski definition) is 2. The molecule has 2 rings (SSSR count). The molecular weight excluding hydrogens is 369 g/mol. The summed E-state index contributed by atoms with van der Waals surface area (Å²) in [7, 11) is 0. The molecule has 5 nitrogen and oxygen atoms in total. The molecule has 0 aliphatic heterocycles. The van der Waals surface area contributed by atoms with E-state index in [1.54, 1.807) is 26.0 Å². The van der Waals surface area contributed by atoms with Crippen LogP contribution in [0, 0.1) is 13.8 Å². The van der Waals surface area contributed by atoms with E-state index in [1.807, 2.05) is 0 Å². The maximum atomic E-state index is 13.5. The lowest BCUT2D eigenvalue weighted by molar-refractivity contribution is -0.138. The van der Waals surface area contributed by atoms with Gasteiger partial charge in [-0.05, 0) is 57.0 Å². The molecule has 0 unspecified atom stereocenters. The first-order valence-electron chi connectivity index (χ1n) is 9.43. The Hall–Kier alpha value is -2.35. The monoisotopic (exact) mass is 396 g/mol. The fraction of sp³-hybridized carbons (Fsp3) is 0.500. The van der Waals surface area contributed by atoms with Gasteiger partial charge in [-0.2, -0.15) is 18.3 Å². The molecule has 3 N–H and O–H groups in total. The average molecular weight is 396 g/mol. The molecule has 0 saturated carbocycles. The Kier molecular flexibility index (Phi) is 7.62. The molecule has 154 valence electrons. The molecule has 2 aromatic rings. The average Bonchev–Trinajstić information content (AvgIpc) is 2.97. The van der Waals surface area contributed by atoms with E-state index in [1.165, 1.54) is 10.7 Å². The van der Waals surface area contributed by atoms with Crippen LogP contribution in [0.5, 0.6) is 0 Å². The van der Waals surface area contributed by atoms with Crippen LogP contribution in [0.3, 0.4) is 0 Å². The van der Waals surface area contributed by atoms with Gasteiger partial charge in [-0.25, -0.2) is 4.68 Å². The van der Waals surface area contributed by atoms with Gasteiger partial charge in [0.1, 0.15) is 0 Å². The summed E-state index contributed by atoms with van der Waals surface area (Å²) in [5.74, 6) is -0.247. The normalized spacial score (nSPS) is 11.6. The predicted molar refractivity (Wildman–Crippen MR) is 102 cm³/mol. The third-order valence-electron chi connectivity index (χ3n) is 4.49. The van der Waals surface area contributed by atoms with E-state index in [2.05, 4.69) is 10.4 Å². The molecule has 0 atom stereocenters. The first-order valence-corrected chi connectivity index (χ1v) is 9.43. The molecule has 0 radical (unpaired) electrons. The number of amides is 1. The Morgan fingerprint density at radius 2 is 1.86 bits per heavy atom. The van der Waals surface area contributed by atoms with Gasteiger partial charge in [-0.1, -0.05) is 18.9 Å². The summed E-state index contributed by atoms with van der Waals surface area (Å²) in [5.41, 5.74) is 6.51. The van der Waals surface area contributed by atoms with Crippen LogP contribution in [0.2, 0.25) is 0 Å². The topological polar surface area (TPSA) is 72.9 Å². The van der Waals surface area contributed by atoms with E-state index in [4.69, 9.17) is 5.73 Å². The molecule has 0 spiro atoms. The van der Waals surface area contributed by atoms with Gasteiger partial charge in [0.2, 0.25) is 5.91 Å². The molecule has 0 bridgehead atoms. The summed E-state index contributed by atoms with van der Waals surface area (Å²) in [6, 6.07) is 5.86. The van der Waals surface area contributed by atoms with Crippen LogP contribution < -0.4 is 11.1 Å². The Labute approximate surface area is 163 Å². The third kappa shape index (κ3) is 6.09. The highest BCUT2D eigenvalue weighted by molar-refractivity contribution is 5.75. The van der Waals surface area contributed by atoms with Gasteiger partial charge in [-0.3, -0.25) is 4.79 Å². The summed E-state index contributed by atoms with van der Waals surface area (Å²) >= 11 is 0. The molecule has 0 aliphatic carbocycles. The van der Waals surface area contributed by atoms with Crippen LogP contribution in [0.15, 0.2) is 24.3 Å².